The van der Waals surface area contributed by atoms with E-state index in [4.69, 9.17) is 4.74 Å². The van der Waals surface area contributed by atoms with Gasteiger partial charge in [0.05, 0.1) is 6.17 Å². The molecule has 2 aliphatic heterocycles. The molecule has 0 aromatic heterocycles. The van der Waals surface area contributed by atoms with Gasteiger partial charge in [0, 0.05) is 27.2 Å². The van der Waals surface area contributed by atoms with Gasteiger partial charge in [-0.2, -0.15) is 0 Å². The molecule has 0 bridgehead atoms. The molecule has 2 heterocycles. The third-order valence-electron chi connectivity index (χ3n) is 6.11. The maximum absolute atomic E-state index is 10.5. The molecule has 2 aromatic rings. The Balaban J connectivity index is 1.25. The van der Waals surface area contributed by atoms with Crippen LogP contribution in [0.2, 0.25) is 0 Å². The predicted octanol–water partition coefficient (Wildman–Crippen LogP) is 0.578. The van der Waals surface area contributed by atoms with Crippen LogP contribution in [0.3, 0.4) is 0 Å². The van der Waals surface area contributed by atoms with Crippen molar-refractivity contribution >= 4 is 23.8 Å². The Morgan fingerprint density at radius 3 is 2.02 bits per heavy atom. The average molecular weight is 567 g/mol. The van der Waals surface area contributed by atoms with Gasteiger partial charge in [0.2, 0.25) is 11.9 Å². The van der Waals surface area contributed by atoms with Crippen LogP contribution in [-0.4, -0.2) is 90.3 Å². The monoisotopic (exact) mass is 566 g/mol. The number of nitrogens with one attached hydrogen (secondary N) is 5. The minimum absolute atomic E-state index is 0.0199. The van der Waals surface area contributed by atoms with Crippen molar-refractivity contribution in [3.05, 3.63) is 47.5 Å². The standard InChI is InChI=1S/C27H38N10O4/c1-16-31-24(28-11-9-18-5-7-20(38)21(39)13-18)35-26(32-16)30-15-41-23-8-6-19(14-22(23)40)10-12-29-25-33-17(2)34-27(36-25)37(3)4/h5-8,13-14,16-17,38-40H,9-12,15H2,1-4H3,(H2,29,33,34,36)(H3,28,30,31,32,35). The summed E-state index contributed by atoms with van der Waals surface area (Å²) in [5.41, 5.74) is 1.78. The average Bonchev–Trinajstić information content (AvgIpc) is 2.91. The van der Waals surface area contributed by atoms with E-state index in [-0.39, 0.29) is 36.3 Å². The second-order valence-corrected chi connectivity index (χ2v) is 9.79. The molecule has 0 spiro atoms. The fraction of sp³-hybridized carbons (Fsp3) is 0.407. The zero-order chi connectivity index (χ0) is 29.4. The largest absolute Gasteiger partial charge is 0.504 e. The van der Waals surface area contributed by atoms with E-state index in [0.717, 1.165) is 17.1 Å². The number of hydrogen-bond acceptors (Lipinski definition) is 9. The summed E-state index contributed by atoms with van der Waals surface area (Å²) < 4.78 is 5.68. The van der Waals surface area contributed by atoms with Crippen LogP contribution in [0.4, 0.5) is 0 Å². The van der Waals surface area contributed by atoms with Crippen molar-refractivity contribution in [3.63, 3.8) is 0 Å². The Labute approximate surface area is 239 Å². The van der Waals surface area contributed by atoms with E-state index in [0.29, 0.717) is 49.6 Å². The molecular weight excluding hydrogens is 528 g/mol. The summed E-state index contributed by atoms with van der Waals surface area (Å²) in [6.45, 7) is 4.85. The van der Waals surface area contributed by atoms with Crippen LogP contribution in [0.1, 0.15) is 25.0 Å². The summed E-state index contributed by atoms with van der Waals surface area (Å²) in [5, 5.41) is 45.3. The van der Waals surface area contributed by atoms with Crippen molar-refractivity contribution in [2.75, 3.05) is 33.9 Å². The van der Waals surface area contributed by atoms with Gasteiger partial charge in [-0.05, 0) is 62.1 Å². The molecule has 2 aliphatic rings. The molecule has 2 unspecified atom stereocenters. The van der Waals surface area contributed by atoms with Crippen molar-refractivity contribution < 1.29 is 20.1 Å². The van der Waals surface area contributed by atoms with Gasteiger partial charge in [-0.1, -0.05) is 12.1 Å². The molecule has 14 heteroatoms. The number of guanidine groups is 4. The van der Waals surface area contributed by atoms with Gasteiger partial charge in [0.15, 0.2) is 41.6 Å². The lowest BCUT2D eigenvalue weighted by Crippen LogP contribution is -2.62. The van der Waals surface area contributed by atoms with Gasteiger partial charge in [0.25, 0.3) is 0 Å². The summed E-state index contributed by atoms with van der Waals surface area (Å²) in [5.74, 6) is 2.50. The number of benzene rings is 2. The van der Waals surface area contributed by atoms with Crippen molar-refractivity contribution in [2.24, 2.45) is 20.0 Å². The maximum atomic E-state index is 10.5. The number of aromatic hydroxyl groups is 3. The molecule has 0 amide bonds. The van der Waals surface area contributed by atoms with E-state index < -0.39 is 0 Å². The van der Waals surface area contributed by atoms with Crippen LogP contribution in [-0.2, 0) is 12.8 Å². The highest BCUT2D eigenvalue weighted by Crippen LogP contribution is 2.27. The number of rotatable bonds is 9. The molecule has 1 fully saturated rings. The molecule has 14 nitrogen and oxygen atoms in total. The highest BCUT2D eigenvalue weighted by atomic mass is 16.5. The van der Waals surface area contributed by atoms with Crippen LogP contribution in [0.15, 0.2) is 56.4 Å². The molecule has 0 saturated carbocycles. The Bertz CT molecular complexity index is 1340. The lowest BCUT2D eigenvalue weighted by molar-refractivity contribution is 0.309. The first-order valence-corrected chi connectivity index (χ1v) is 13.3. The summed E-state index contributed by atoms with van der Waals surface area (Å²) in [4.78, 5) is 19.8. The second kappa shape index (κ2) is 13.5. The molecular formula is C27H38N10O4. The summed E-state index contributed by atoms with van der Waals surface area (Å²) in [7, 11) is 3.84. The van der Waals surface area contributed by atoms with E-state index in [2.05, 4.69) is 46.6 Å². The van der Waals surface area contributed by atoms with E-state index in [1.165, 1.54) is 12.1 Å². The van der Waals surface area contributed by atoms with Crippen LogP contribution in [0.5, 0.6) is 23.0 Å². The van der Waals surface area contributed by atoms with Gasteiger partial charge < -0.3 is 40.9 Å². The first-order valence-electron chi connectivity index (χ1n) is 13.3. The topological polar surface area (TPSA) is 183 Å². The fourth-order valence-corrected chi connectivity index (χ4v) is 4.03. The van der Waals surface area contributed by atoms with Crippen molar-refractivity contribution in [2.45, 2.75) is 39.0 Å². The zero-order valence-corrected chi connectivity index (χ0v) is 23.6. The molecule has 1 saturated heterocycles. The number of phenols is 3. The summed E-state index contributed by atoms with van der Waals surface area (Å²) in [6, 6.07) is 9.99. The summed E-state index contributed by atoms with van der Waals surface area (Å²) in [6.07, 6.45) is 1.04. The Morgan fingerprint density at radius 1 is 0.780 bits per heavy atom. The lowest BCUT2D eigenvalue weighted by Gasteiger charge is -2.27. The predicted molar refractivity (Wildman–Crippen MR) is 159 cm³/mol. The van der Waals surface area contributed by atoms with Crippen molar-refractivity contribution in [1.82, 2.24) is 31.5 Å². The minimum Gasteiger partial charge on any atom is -0.504 e. The highest BCUT2D eigenvalue weighted by molar-refractivity contribution is 6.01. The molecule has 8 N–H and O–H groups in total. The minimum atomic E-state index is -0.152. The SMILES string of the molecule is CC1N=C(N(C)C)NC(=NCCc2ccc(OCN=C3NC(=NCCc4ccc(O)c(O)c4)NC(C)N3)c(O)c2)N1. The maximum Gasteiger partial charge on any atom is 0.202 e. The Kier molecular flexibility index (Phi) is 9.55. The quantitative estimate of drug-likeness (QED) is 0.200. The van der Waals surface area contributed by atoms with Crippen molar-refractivity contribution in [3.8, 4) is 23.0 Å². The van der Waals surface area contributed by atoms with Gasteiger partial charge in [-0.15, -0.1) is 0 Å². The molecule has 2 atom stereocenters. The van der Waals surface area contributed by atoms with Crippen LogP contribution >= 0.6 is 0 Å². The van der Waals surface area contributed by atoms with Gasteiger partial charge in [-0.25, -0.2) is 9.98 Å². The first kappa shape index (κ1) is 29.1. The van der Waals surface area contributed by atoms with E-state index in [9.17, 15) is 15.3 Å². The van der Waals surface area contributed by atoms with E-state index >= 15 is 0 Å². The molecule has 2 aromatic carbocycles. The normalized spacial score (nSPS) is 21.3. The van der Waals surface area contributed by atoms with E-state index in [1.54, 1.807) is 18.2 Å². The van der Waals surface area contributed by atoms with Gasteiger partial charge >= 0.3 is 0 Å². The third-order valence-corrected chi connectivity index (χ3v) is 6.11. The van der Waals surface area contributed by atoms with Crippen LogP contribution in [0.25, 0.3) is 0 Å². The number of phenolic OH excluding ortho intramolecular Hbond substituents is 3. The molecule has 4 rings (SSSR count). The van der Waals surface area contributed by atoms with Crippen LogP contribution in [0, 0.1) is 0 Å². The van der Waals surface area contributed by atoms with E-state index in [1.807, 2.05) is 38.9 Å². The molecule has 0 aliphatic carbocycles. The molecule has 41 heavy (non-hydrogen) atoms. The zero-order valence-electron chi connectivity index (χ0n) is 23.6. The smallest absolute Gasteiger partial charge is 0.202 e. The summed E-state index contributed by atoms with van der Waals surface area (Å²) >= 11 is 0. The van der Waals surface area contributed by atoms with Gasteiger partial charge in [-0.3, -0.25) is 20.6 Å². The molecule has 220 valence electrons. The van der Waals surface area contributed by atoms with Crippen LogP contribution < -0.4 is 31.3 Å². The number of nitrogens with zero attached hydrogens (tertiary/aromatic N) is 5. The first-order chi connectivity index (χ1) is 19.7. The lowest BCUT2D eigenvalue weighted by atomic mass is 10.1. The van der Waals surface area contributed by atoms with Gasteiger partial charge in [0.1, 0.15) is 6.17 Å². The third kappa shape index (κ3) is 8.55. The number of aliphatic imine (C=N–C) groups is 4. The fourth-order valence-electron chi connectivity index (χ4n) is 4.03. The highest BCUT2D eigenvalue weighted by Gasteiger charge is 2.17. The Hall–Kier alpha value is -4.88. The second-order valence-electron chi connectivity index (χ2n) is 9.79. The number of hydrogen-bond donors (Lipinski definition) is 8. The Morgan fingerprint density at radius 2 is 1.39 bits per heavy atom. The molecule has 0 radical (unpaired) electrons. The number of ether oxygens (including phenoxy) is 1. The van der Waals surface area contributed by atoms with Crippen molar-refractivity contribution in [1.29, 1.82) is 0 Å².